The molecule has 1 heterocycles. The standard InChI is InChI=1S/C9H9N5O3/c1-13-9(10-11-12-13)6-4-3-5-7(14(15)16)8(6)17-2/h3-5H,1-2H3. The fraction of sp³-hybridized carbons (Fsp3) is 0.222. The molecule has 0 atom stereocenters. The van der Waals surface area contributed by atoms with Crippen LogP contribution in [0.5, 0.6) is 5.75 Å². The predicted molar refractivity (Wildman–Crippen MR) is 57.4 cm³/mol. The second kappa shape index (κ2) is 4.16. The molecule has 88 valence electrons. The lowest BCUT2D eigenvalue weighted by molar-refractivity contribution is -0.385. The number of benzene rings is 1. The molecule has 8 nitrogen and oxygen atoms in total. The second-order valence-electron chi connectivity index (χ2n) is 3.24. The lowest BCUT2D eigenvalue weighted by Gasteiger charge is -2.06. The van der Waals surface area contributed by atoms with E-state index in [1.807, 2.05) is 0 Å². The summed E-state index contributed by atoms with van der Waals surface area (Å²) in [7, 11) is 3.02. The van der Waals surface area contributed by atoms with E-state index in [2.05, 4.69) is 15.5 Å². The maximum Gasteiger partial charge on any atom is 0.311 e. The van der Waals surface area contributed by atoms with E-state index in [0.717, 1.165) is 0 Å². The van der Waals surface area contributed by atoms with Crippen LogP contribution < -0.4 is 4.74 Å². The number of nitrogens with zero attached hydrogens (tertiary/aromatic N) is 5. The molecule has 0 aliphatic heterocycles. The summed E-state index contributed by atoms with van der Waals surface area (Å²) in [6.45, 7) is 0. The number of aromatic nitrogens is 4. The minimum Gasteiger partial charge on any atom is -0.490 e. The molecule has 1 aromatic heterocycles. The zero-order valence-electron chi connectivity index (χ0n) is 9.19. The molecule has 0 spiro atoms. The minimum absolute atomic E-state index is 0.118. The van der Waals surface area contributed by atoms with Crippen molar-refractivity contribution >= 4 is 5.69 Å². The number of nitro groups is 1. The van der Waals surface area contributed by atoms with E-state index in [9.17, 15) is 10.1 Å². The van der Waals surface area contributed by atoms with Crippen molar-refractivity contribution in [3.8, 4) is 17.1 Å². The number of aryl methyl sites for hydroxylation is 1. The maximum atomic E-state index is 10.9. The number of rotatable bonds is 3. The van der Waals surface area contributed by atoms with Crippen LogP contribution in [0.2, 0.25) is 0 Å². The van der Waals surface area contributed by atoms with Crippen LogP contribution in [0.3, 0.4) is 0 Å². The highest BCUT2D eigenvalue weighted by molar-refractivity contribution is 5.70. The maximum absolute atomic E-state index is 10.9. The molecule has 0 amide bonds. The summed E-state index contributed by atoms with van der Waals surface area (Å²) in [5, 5.41) is 21.8. The van der Waals surface area contributed by atoms with Crippen molar-refractivity contribution in [3.63, 3.8) is 0 Å². The van der Waals surface area contributed by atoms with Gasteiger partial charge in [-0.05, 0) is 16.5 Å². The molecule has 17 heavy (non-hydrogen) atoms. The molecule has 0 unspecified atom stereocenters. The first-order valence-electron chi connectivity index (χ1n) is 4.69. The van der Waals surface area contributed by atoms with Crippen molar-refractivity contribution in [3.05, 3.63) is 28.3 Å². The Labute approximate surface area is 96.0 Å². The Hall–Kier alpha value is -2.51. The van der Waals surface area contributed by atoms with Crippen molar-refractivity contribution in [2.75, 3.05) is 7.11 Å². The third-order valence-corrected chi connectivity index (χ3v) is 2.26. The van der Waals surface area contributed by atoms with Gasteiger partial charge in [-0.25, -0.2) is 4.68 Å². The van der Waals surface area contributed by atoms with Crippen molar-refractivity contribution in [2.45, 2.75) is 0 Å². The van der Waals surface area contributed by atoms with E-state index in [-0.39, 0.29) is 11.4 Å². The molecule has 2 rings (SSSR count). The monoisotopic (exact) mass is 235 g/mol. The van der Waals surface area contributed by atoms with Gasteiger partial charge < -0.3 is 4.74 Å². The first kappa shape index (κ1) is 11.0. The van der Waals surface area contributed by atoms with Crippen LogP contribution in [-0.4, -0.2) is 32.2 Å². The number of nitro benzene ring substituents is 1. The highest BCUT2D eigenvalue weighted by Gasteiger charge is 2.21. The van der Waals surface area contributed by atoms with Gasteiger partial charge in [0.05, 0.1) is 17.6 Å². The molecule has 0 aliphatic carbocycles. The smallest absolute Gasteiger partial charge is 0.311 e. The van der Waals surface area contributed by atoms with Gasteiger partial charge in [-0.1, -0.05) is 6.07 Å². The van der Waals surface area contributed by atoms with Gasteiger partial charge in [0.25, 0.3) is 0 Å². The largest absolute Gasteiger partial charge is 0.490 e. The minimum atomic E-state index is -0.508. The van der Waals surface area contributed by atoms with E-state index in [1.54, 1.807) is 19.2 Å². The molecular formula is C9H9N5O3. The summed E-state index contributed by atoms with van der Waals surface area (Å²) >= 11 is 0. The first-order valence-corrected chi connectivity index (χ1v) is 4.69. The van der Waals surface area contributed by atoms with Crippen molar-refractivity contribution in [1.29, 1.82) is 0 Å². The molecule has 0 radical (unpaired) electrons. The fourth-order valence-corrected chi connectivity index (χ4v) is 1.52. The van der Waals surface area contributed by atoms with Crippen LogP contribution in [0.1, 0.15) is 0 Å². The Bertz CT molecular complexity index is 566. The van der Waals surface area contributed by atoms with Crippen LogP contribution in [-0.2, 0) is 7.05 Å². The fourth-order valence-electron chi connectivity index (χ4n) is 1.52. The normalized spacial score (nSPS) is 10.2. The topological polar surface area (TPSA) is 96.0 Å². The van der Waals surface area contributed by atoms with Gasteiger partial charge >= 0.3 is 5.69 Å². The lowest BCUT2D eigenvalue weighted by atomic mass is 10.1. The van der Waals surface area contributed by atoms with E-state index in [1.165, 1.54) is 17.9 Å². The number of tetrazole rings is 1. The van der Waals surface area contributed by atoms with E-state index < -0.39 is 4.92 Å². The predicted octanol–water partition coefficient (Wildman–Crippen LogP) is 0.794. The lowest BCUT2D eigenvalue weighted by Crippen LogP contribution is -1.99. The molecule has 0 fully saturated rings. The zero-order chi connectivity index (χ0) is 12.4. The van der Waals surface area contributed by atoms with Gasteiger partial charge in [-0.2, -0.15) is 0 Å². The van der Waals surface area contributed by atoms with Crippen molar-refractivity contribution < 1.29 is 9.66 Å². The van der Waals surface area contributed by atoms with Gasteiger partial charge in [-0.3, -0.25) is 10.1 Å². The number of hydrogen-bond donors (Lipinski definition) is 0. The van der Waals surface area contributed by atoms with Crippen molar-refractivity contribution in [2.24, 2.45) is 7.05 Å². The van der Waals surface area contributed by atoms with Crippen LogP contribution in [0.15, 0.2) is 18.2 Å². The van der Waals surface area contributed by atoms with Crippen LogP contribution in [0, 0.1) is 10.1 Å². The molecule has 2 aromatic rings. The summed E-state index contributed by atoms with van der Waals surface area (Å²) in [6.07, 6.45) is 0. The van der Waals surface area contributed by atoms with Gasteiger partial charge in [0.2, 0.25) is 5.75 Å². The Morgan fingerprint density at radius 1 is 1.47 bits per heavy atom. The summed E-state index contributed by atoms with van der Waals surface area (Å²) in [5.41, 5.74) is 0.363. The molecular weight excluding hydrogens is 226 g/mol. The molecule has 0 N–H and O–H groups in total. The highest BCUT2D eigenvalue weighted by atomic mass is 16.6. The Morgan fingerprint density at radius 3 is 2.76 bits per heavy atom. The highest BCUT2D eigenvalue weighted by Crippen LogP contribution is 2.35. The summed E-state index contributed by atoms with van der Waals surface area (Å²) in [6, 6.07) is 4.59. The average Bonchev–Trinajstić information content (AvgIpc) is 2.74. The summed E-state index contributed by atoms with van der Waals surface area (Å²) in [4.78, 5) is 10.3. The quantitative estimate of drug-likeness (QED) is 0.576. The van der Waals surface area contributed by atoms with E-state index in [4.69, 9.17) is 4.74 Å². The van der Waals surface area contributed by atoms with Gasteiger partial charge in [-0.15, -0.1) is 5.10 Å². The number of methoxy groups -OCH3 is 1. The number of ether oxygens (including phenoxy) is 1. The third-order valence-electron chi connectivity index (χ3n) is 2.26. The molecule has 1 aromatic carbocycles. The molecule has 0 saturated heterocycles. The van der Waals surface area contributed by atoms with Crippen molar-refractivity contribution in [1.82, 2.24) is 20.2 Å². The van der Waals surface area contributed by atoms with Crippen LogP contribution in [0.4, 0.5) is 5.69 Å². The number of hydrogen-bond acceptors (Lipinski definition) is 6. The zero-order valence-corrected chi connectivity index (χ0v) is 9.19. The second-order valence-corrected chi connectivity index (χ2v) is 3.24. The number of para-hydroxylation sites is 1. The molecule has 8 heteroatoms. The van der Waals surface area contributed by atoms with Crippen LogP contribution >= 0.6 is 0 Å². The summed E-state index contributed by atoms with van der Waals surface area (Å²) < 4.78 is 6.48. The van der Waals surface area contributed by atoms with E-state index in [0.29, 0.717) is 11.4 Å². The Morgan fingerprint density at radius 2 is 2.24 bits per heavy atom. The van der Waals surface area contributed by atoms with Gasteiger partial charge in [0, 0.05) is 13.1 Å². The van der Waals surface area contributed by atoms with E-state index >= 15 is 0 Å². The Balaban J connectivity index is 2.67. The third kappa shape index (κ3) is 1.80. The first-order chi connectivity index (χ1) is 8.15. The summed E-state index contributed by atoms with van der Waals surface area (Å²) in [5.74, 6) is 0.556. The molecule has 0 bridgehead atoms. The van der Waals surface area contributed by atoms with Gasteiger partial charge in [0.15, 0.2) is 5.82 Å². The molecule has 0 saturated carbocycles. The molecule has 0 aliphatic rings. The average molecular weight is 235 g/mol. The van der Waals surface area contributed by atoms with Crippen LogP contribution in [0.25, 0.3) is 11.4 Å². The SMILES string of the molecule is COc1c(-c2nnnn2C)cccc1[N+](=O)[O-]. The van der Waals surface area contributed by atoms with Gasteiger partial charge in [0.1, 0.15) is 0 Å². The Kier molecular flexibility index (Phi) is 2.69.